The molecule has 0 saturated heterocycles. The normalized spacial score (nSPS) is 11.6. The largest absolute Gasteiger partial charge is 0.496 e. The summed E-state index contributed by atoms with van der Waals surface area (Å²) in [5.74, 6) is 0.444. The standard InChI is InChI=1S/C12H12ClNO2/c1-8(15)12(13)10-4-3-5-11(16-2)9(10)6-7-14/h3-5,12H,6H2,1-2H3. The molecule has 0 amide bonds. The van der Waals surface area contributed by atoms with Gasteiger partial charge in [-0.3, -0.25) is 4.79 Å². The molecule has 0 heterocycles. The number of halogens is 1. The average Bonchev–Trinajstić information content (AvgIpc) is 2.28. The van der Waals surface area contributed by atoms with Crippen LogP contribution in [0.4, 0.5) is 0 Å². The zero-order chi connectivity index (χ0) is 12.1. The Kier molecular flexibility index (Phi) is 4.33. The van der Waals surface area contributed by atoms with Gasteiger partial charge in [-0.1, -0.05) is 12.1 Å². The van der Waals surface area contributed by atoms with Crippen LogP contribution in [-0.4, -0.2) is 12.9 Å². The van der Waals surface area contributed by atoms with Crippen molar-refractivity contribution < 1.29 is 9.53 Å². The summed E-state index contributed by atoms with van der Waals surface area (Å²) >= 11 is 6.00. The van der Waals surface area contributed by atoms with Crippen LogP contribution in [0.2, 0.25) is 0 Å². The van der Waals surface area contributed by atoms with Crippen molar-refractivity contribution in [3.63, 3.8) is 0 Å². The summed E-state index contributed by atoms with van der Waals surface area (Å²) in [6.07, 6.45) is 0.176. The smallest absolute Gasteiger partial charge is 0.152 e. The summed E-state index contributed by atoms with van der Waals surface area (Å²) in [4.78, 5) is 11.2. The highest BCUT2D eigenvalue weighted by molar-refractivity contribution is 6.30. The van der Waals surface area contributed by atoms with E-state index in [0.29, 0.717) is 16.9 Å². The van der Waals surface area contributed by atoms with Gasteiger partial charge in [0.1, 0.15) is 11.1 Å². The van der Waals surface area contributed by atoms with Crippen molar-refractivity contribution in [2.24, 2.45) is 0 Å². The highest BCUT2D eigenvalue weighted by Gasteiger charge is 2.19. The lowest BCUT2D eigenvalue weighted by atomic mass is 9.99. The van der Waals surface area contributed by atoms with Gasteiger partial charge in [-0.15, -0.1) is 11.6 Å². The molecule has 84 valence electrons. The van der Waals surface area contributed by atoms with Gasteiger partial charge >= 0.3 is 0 Å². The molecule has 0 aliphatic carbocycles. The molecular formula is C12H12ClNO2. The number of ether oxygens (including phenoxy) is 1. The van der Waals surface area contributed by atoms with E-state index in [1.807, 2.05) is 6.07 Å². The van der Waals surface area contributed by atoms with Gasteiger partial charge in [0, 0.05) is 5.56 Å². The van der Waals surface area contributed by atoms with E-state index >= 15 is 0 Å². The van der Waals surface area contributed by atoms with E-state index in [1.165, 1.54) is 14.0 Å². The molecule has 16 heavy (non-hydrogen) atoms. The van der Waals surface area contributed by atoms with E-state index < -0.39 is 5.38 Å². The number of Topliss-reactive ketones (excluding diaryl/α,β-unsaturated/α-hetero) is 1. The van der Waals surface area contributed by atoms with Crippen LogP contribution in [0.15, 0.2) is 18.2 Å². The van der Waals surface area contributed by atoms with E-state index in [4.69, 9.17) is 21.6 Å². The predicted octanol–water partition coefficient (Wildman–Crippen LogP) is 2.63. The lowest BCUT2D eigenvalue weighted by molar-refractivity contribution is -0.116. The maximum atomic E-state index is 11.2. The Morgan fingerprint density at radius 1 is 1.62 bits per heavy atom. The third kappa shape index (κ3) is 2.53. The Bertz CT molecular complexity index is 437. The number of nitriles is 1. The molecule has 3 nitrogen and oxygen atoms in total. The highest BCUT2D eigenvalue weighted by atomic mass is 35.5. The molecule has 0 saturated carbocycles. The first kappa shape index (κ1) is 12.5. The second-order valence-electron chi connectivity index (χ2n) is 3.34. The van der Waals surface area contributed by atoms with Crippen molar-refractivity contribution in [3.8, 4) is 11.8 Å². The number of rotatable bonds is 4. The van der Waals surface area contributed by atoms with Crippen molar-refractivity contribution >= 4 is 17.4 Å². The summed E-state index contributed by atoms with van der Waals surface area (Å²) in [6, 6.07) is 7.29. The lowest BCUT2D eigenvalue weighted by Gasteiger charge is -2.13. The SMILES string of the molecule is COc1cccc(C(Cl)C(C)=O)c1CC#N. The topological polar surface area (TPSA) is 50.1 Å². The van der Waals surface area contributed by atoms with Gasteiger partial charge < -0.3 is 4.74 Å². The van der Waals surface area contributed by atoms with Crippen LogP contribution >= 0.6 is 11.6 Å². The third-order valence-corrected chi connectivity index (χ3v) is 2.82. The average molecular weight is 238 g/mol. The number of hydrogen-bond acceptors (Lipinski definition) is 3. The van der Waals surface area contributed by atoms with Gasteiger partial charge in [-0.25, -0.2) is 0 Å². The highest BCUT2D eigenvalue weighted by Crippen LogP contribution is 2.31. The number of nitrogens with zero attached hydrogens (tertiary/aromatic N) is 1. The third-order valence-electron chi connectivity index (χ3n) is 2.27. The van der Waals surface area contributed by atoms with Crippen LogP contribution in [0.5, 0.6) is 5.75 Å². The van der Waals surface area contributed by atoms with Gasteiger partial charge in [0.2, 0.25) is 0 Å². The molecule has 0 aliphatic heterocycles. The van der Waals surface area contributed by atoms with Crippen LogP contribution in [0.25, 0.3) is 0 Å². The van der Waals surface area contributed by atoms with Crippen LogP contribution in [0.1, 0.15) is 23.4 Å². The fourth-order valence-corrected chi connectivity index (χ4v) is 1.70. The minimum atomic E-state index is -0.724. The Hall–Kier alpha value is -1.53. The number of benzene rings is 1. The molecule has 1 aromatic rings. The van der Waals surface area contributed by atoms with Crippen LogP contribution in [0, 0.1) is 11.3 Å². The number of carbonyl (C=O) groups is 1. The molecule has 1 unspecified atom stereocenters. The monoisotopic (exact) mass is 237 g/mol. The first-order valence-electron chi connectivity index (χ1n) is 4.79. The van der Waals surface area contributed by atoms with Crippen molar-refractivity contribution in [3.05, 3.63) is 29.3 Å². The molecule has 1 rings (SSSR count). The second-order valence-corrected chi connectivity index (χ2v) is 3.77. The summed E-state index contributed by atoms with van der Waals surface area (Å²) in [6.45, 7) is 1.42. The number of alkyl halides is 1. The van der Waals surface area contributed by atoms with E-state index in [9.17, 15) is 4.79 Å². The Labute approximate surface area is 99.6 Å². The quantitative estimate of drug-likeness (QED) is 0.757. The Balaban J connectivity index is 3.27. The van der Waals surface area contributed by atoms with Crippen molar-refractivity contribution in [2.75, 3.05) is 7.11 Å². The Morgan fingerprint density at radius 2 is 2.31 bits per heavy atom. The zero-order valence-corrected chi connectivity index (χ0v) is 9.91. The van der Waals surface area contributed by atoms with E-state index in [2.05, 4.69) is 0 Å². The summed E-state index contributed by atoms with van der Waals surface area (Å²) in [7, 11) is 1.52. The van der Waals surface area contributed by atoms with Gasteiger partial charge in [-0.05, 0) is 18.6 Å². The minimum Gasteiger partial charge on any atom is -0.496 e. The fourth-order valence-electron chi connectivity index (χ4n) is 1.50. The minimum absolute atomic E-state index is 0.144. The van der Waals surface area contributed by atoms with Gasteiger partial charge in [0.05, 0.1) is 19.6 Å². The van der Waals surface area contributed by atoms with Crippen molar-refractivity contribution in [1.82, 2.24) is 0 Å². The van der Waals surface area contributed by atoms with E-state index in [1.54, 1.807) is 18.2 Å². The number of ketones is 1. The molecule has 4 heteroatoms. The molecule has 0 spiro atoms. The summed E-state index contributed by atoms with van der Waals surface area (Å²) in [5, 5.41) is 8.03. The van der Waals surface area contributed by atoms with Crippen LogP contribution < -0.4 is 4.74 Å². The van der Waals surface area contributed by atoms with Crippen LogP contribution in [0.3, 0.4) is 0 Å². The molecule has 0 radical (unpaired) electrons. The molecule has 0 bridgehead atoms. The predicted molar refractivity (Wildman–Crippen MR) is 61.6 cm³/mol. The van der Waals surface area contributed by atoms with E-state index in [0.717, 1.165) is 0 Å². The molecule has 1 atom stereocenters. The van der Waals surface area contributed by atoms with Crippen molar-refractivity contribution in [1.29, 1.82) is 5.26 Å². The lowest BCUT2D eigenvalue weighted by Crippen LogP contribution is -2.06. The molecule has 1 aromatic carbocycles. The van der Waals surface area contributed by atoms with Gasteiger partial charge in [0.25, 0.3) is 0 Å². The Morgan fingerprint density at radius 3 is 2.81 bits per heavy atom. The second kappa shape index (κ2) is 5.53. The number of hydrogen-bond donors (Lipinski definition) is 0. The van der Waals surface area contributed by atoms with Crippen LogP contribution in [-0.2, 0) is 11.2 Å². The molecular weight excluding hydrogens is 226 g/mol. The first-order chi connectivity index (χ1) is 7.61. The summed E-state index contributed by atoms with van der Waals surface area (Å²) in [5.41, 5.74) is 1.33. The van der Waals surface area contributed by atoms with Crippen molar-refractivity contribution in [2.45, 2.75) is 18.7 Å². The van der Waals surface area contributed by atoms with E-state index in [-0.39, 0.29) is 12.2 Å². The molecule has 0 aromatic heterocycles. The maximum Gasteiger partial charge on any atom is 0.152 e. The first-order valence-corrected chi connectivity index (χ1v) is 5.22. The summed E-state index contributed by atoms with van der Waals surface area (Å²) < 4.78 is 5.15. The number of carbonyl (C=O) groups excluding carboxylic acids is 1. The van der Waals surface area contributed by atoms with Gasteiger partial charge in [0.15, 0.2) is 5.78 Å². The fraction of sp³-hybridized carbons (Fsp3) is 0.333. The number of methoxy groups -OCH3 is 1. The molecule has 0 aliphatic rings. The maximum absolute atomic E-state index is 11.2. The molecule has 0 N–H and O–H groups in total. The molecule has 0 fully saturated rings. The zero-order valence-electron chi connectivity index (χ0n) is 9.16. The van der Waals surface area contributed by atoms with Gasteiger partial charge in [-0.2, -0.15) is 5.26 Å².